The Labute approximate surface area is 229 Å². The van der Waals surface area contributed by atoms with Crippen molar-refractivity contribution in [3.63, 3.8) is 0 Å². The minimum absolute atomic E-state index is 0.0402. The first-order chi connectivity index (χ1) is 18.9. The zero-order valence-corrected chi connectivity index (χ0v) is 22.8. The van der Waals surface area contributed by atoms with Crippen molar-refractivity contribution >= 4 is 49.9 Å². The van der Waals surface area contributed by atoms with Gasteiger partial charge in [-0.25, -0.2) is 23.4 Å². The first-order valence-corrected chi connectivity index (χ1v) is 14.4. The predicted molar refractivity (Wildman–Crippen MR) is 147 cm³/mol. The zero-order valence-electron chi connectivity index (χ0n) is 22.0. The first-order valence-electron chi connectivity index (χ1n) is 12.5. The second-order valence-corrected chi connectivity index (χ2v) is 11.5. The molecule has 1 aromatic carbocycles. The Morgan fingerprint density at radius 1 is 1.00 bits per heavy atom. The number of para-hydroxylation sites is 2. The summed E-state index contributed by atoms with van der Waals surface area (Å²) in [6.45, 7) is 2.42. The molecule has 1 unspecified atom stereocenters. The fourth-order valence-corrected chi connectivity index (χ4v) is 5.09. The van der Waals surface area contributed by atoms with E-state index in [0.29, 0.717) is 40.7 Å². The Bertz CT molecular complexity index is 1650. The second-order valence-electron chi connectivity index (χ2n) is 9.48. The number of alkyl halides is 3. The van der Waals surface area contributed by atoms with Crippen LogP contribution in [0.1, 0.15) is 37.0 Å². The summed E-state index contributed by atoms with van der Waals surface area (Å²) < 4.78 is 73.4. The number of aryl methyl sites for hydroxylation is 1. The van der Waals surface area contributed by atoms with E-state index in [1.54, 1.807) is 30.3 Å². The summed E-state index contributed by atoms with van der Waals surface area (Å²) in [6, 6.07) is 12.0. The average molecular weight is 576 g/mol. The van der Waals surface area contributed by atoms with E-state index >= 15 is 0 Å². The monoisotopic (exact) mass is 575 g/mol. The van der Waals surface area contributed by atoms with Crippen LogP contribution < -0.4 is 14.9 Å². The van der Waals surface area contributed by atoms with Crippen LogP contribution in [-0.4, -0.2) is 47.8 Å². The smallest absolute Gasteiger partial charge is 0.358 e. The van der Waals surface area contributed by atoms with E-state index in [1.807, 2.05) is 11.5 Å². The van der Waals surface area contributed by atoms with Gasteiger partial charge in [0.1, 0.15) is 34.9 Å². The van der Waals surface area contributed by atoms with Gasteiger partial charge in [0.25, 0.3) is 0 Å². The summed E-state index contributed by atoms with van der Waals surface area (Å²) >= 11 is 0. The van der Waals surface area contributed by atoms with Gasteiger partial charge in [0.05, 0.1) is 23.3 Å². The van der Waals surface area contributed by atoms with E-state index in [4.69, 9.17) is 14.7 Å². The Balaban J connectivity index is 1.63. The first kappa shape index (κ1) is 27.6. The van der Waals surface area contributed by atoms with E-state index in [0.717, 1.165) is 35.9 Å². The van der Waals surface area contributed by atoms with E-state index in [1.165, 1.54) is 19.2 Å². The number of sulfonamides is 1. The molecule has 1 atom stereocenters. The van der Waals surface area contributed by atoms with E-state index in [-0.39, 0.29) is 17.9 Å². The van der Waals surface area contributed by atoms with Crippen LogP contribution in [0.15, 0.2) is 48.5 Å². The number of nitrogens with one attached hydrogen (secondary N) is 2. The lowest BCUT2D eigenvalue weighted by Crippen LogP contribution is -2.25. The number of anilines is 5. The van der Waals surface area contributed by atoms with Crippen molar-refractivity contribution in [2.75, 3.05) is 34.8 Å². The molecule has 40 heavy (non-hydrogen) atoms. The van der Waals surface area contributed by atoms with Crippen LogP contribution in [0.3, 0.4) is 0 Å². The summed E-state index contributed by atoms with van der Waals surface area (Å²) in [5.74, 6) is 0.822. The number of hydrogen-bond acceptors (Lipinski definition) is 8. The van der Waals surface area contributed by atoms with Gasteiger partial charge in [-0.15, -0.1) is 0 Å². The normalized spacial score (nSPS) is 16.2. The molecule has 3 aromatic heterocycles. The lowest BCUT2D eigenvalue weighted by atomic mass is 10.2. The van der Waals surface area contributed by atoms with Crippen molar-refractivity contribution in [2.45, 2.75) is 38.6 Å². The molecule has 14 heteroatoms. The average Bonchev–Trinajstić information content (AvgIpc) is 3.24. The molecule has 212 valence electrons. The summed E-state index contributed by atoms with van der Waals surface area (Å²) in [5.41, 5.74) is 1.25. The molecule has 4 aromatic rings. The lowest BCUT2D eigenvalue weighted by Gasteiger charge is -2.25. The third kappa shape index (κ3) is 5.68. The third-order valence-electron chi connectivity index (χ3n) is 6.57. The summed E-state index contributed by atoms with van der Waals surface area (Å²) in [7, 11) is -2.12. The van der Waals surface area contributed by atoms with Gasteiger partial charge in [0, 0.05) is 19.7 Å². The highest BCUT2D eigenvalue weighted by Crippen LogP contribution is 2.36. The molecular weight excluding hydrogens is 547 g/mol. The number of aromatic nitrogens is 4. The van der Waals surface area contributed by atoms with Crippen LogP contribution in [-0.2, 0) is 20.9 Å². The van der Waals surface area contributed by atoms with Crippen molar-refractivity contribution in [2.24, 2.45) is 0 Å². The molecule has 1 fully saturated rings. The van der Waals surface area contributed by atoms with Crippen molar-refractivity contribution < 1.29 is 26.3 Å². The number of ether oxygens (including phenoxy) is 1. The van der Waals surface area contributed by atoms with Crippen molar-refractivity contribution in [1.29, 1.82) is 0 Å². The Morgan fingerprint density at radius 3 is 2.48 bits per heavy atom. The molecule has 0 bridgehead atoms. The lowest BCUT2D eigenvalue weighted by molar-refractivity contribution is -0.141. The molecule has 0 saturated carbocycles. The number of imidazole rings is 1. The van der Waals surface area contributed by atoms with Gasteiger partial charge in [-0.1, -0.05) is 18.2 Å². The minimum atomic E-state index is -4.61. The maximum absolute atomic E-state index is 13.3. The molecule has 1 aliphatic rings. The zero-order chi connectivity index (χ0) is 28.7. The fraction of sp³-hybridized carbons (Fsp3) is 0.346. The fourth-order valence-electron chi connectivity index (χ4n) is 4.57. The number of benzene rings is 1. The van der Waals surface area contributed by atoms with Crippen molar-refractivity contribution in [3.05, 3.63) is 60.0 Å². The molecule has 1 saturated heterocycles. The number of rotatable bonds is 7. The molecule has 0 radical (unpaired) electrons. The molecule has 10 nitrogen and oxygen atoms in total. The number of pyridine rings is 2. The molecule has 0 aliphatic carbocycles. The van der Waals surface area contributed by atoms with Crippen LogP contribution in [0.4, 0.5) is 41.9 Å². The van der Waals surface area contributed by atoms with Crippen LogP contribution in [0.25, 0.3) is 11.2 Å². The standard InChI is InChI=1S/C26H28F3N7O3S/c1-16-30-24-18(31-17-9-4-5-10-19(17)35(2)40(3,37)38)15-22(33-21-12-8-11-20(32-21)26(27,28)29)34-25(24)36(16)23-13-6-7-14-39-23/h4-5,8-12,15,23H,6-7,13-14H2,1-3H3,(H2,31,32,33,34). The SMILES string of the molecule is Cc1nc2c(Nc3ccccc3N(C)S(C)(=O)=O)cc(Nc3cccc(C(F)(F)F)n3)nc2n1C1CCCCO1. The van der Waals surface area contributed by atoms with Gasteiger partial charge >= 0.3 is 6.18 Å². The van der Waals surface area contributed by atoms with Crippen LogP contribution in [0, 0.1) is 6.92 Å². The molecule has 0 amide bonds. The van der Waals surface area contributed by atoms with Crippen LogP contribution in [0.2, 0.25) is 0 Å². The molecular formula is C26H28F3N7O3S. The Hall–Kier alpha value is -3.91. The highest BCUT2D eigenvalue weighted by atomic mass is 32.2. The minimum Gasteiger partial charge on any atom is -0.358 e. The Morgan fingerprint density at radius 2 is 1.77 bits per heavy atom. The topological polar surface area (TPSA) is 114 Å². The predicted octanol–water partition coefficient (Wildman–Crippen LogP) is 5.74. The maximum Gasteiger partial charge on any atom is 0.433 e. The molecule has 4 heterocycles. The quantitative estimate of drug-likeness (QED) is 0.287. The molecule has 0 spiro atoms. The van der Waals surface area contributed by atoms with Gasteiger partial charge in [0.2, 0.25) is 10.0 Å². The number of nitrogens with zero attached hydrogens (tertiary/aromatic N) is 5. The summed E-state index contributed by atoms with van der Waals surface area (Å²) in [6.07, 6.45) is -1.14. The maximum atomic E-state index is 13.3. The van der Waals surface area contributed by atoms with Crippen LogP contribution in [0.5, 0.6) is 0 Å². The Kier molecular flexibility index (Phi) is 7.31. The summed E-state index contributed by atoms with van der Waals surface area (Å²) in [5, 5.41) is 6.16. The molecule has 2 N–H and O–H groups in total. The van der Waals surface area contributed by atoms with E-state index < -0.39 is 21.9 Å². The van der Waals surface area contributed by atoms with Gasteiger partial charge in [-0.3, -0.25) is 8.87 Å². The van der Waals surface area contributed by atoms with Crippen molar-refractivity contribution in [1.82, 2.24) is 19.5 Å². The summed E-state index contributed by atoms with van der Waals surface area (Å²) in [4.78, 5) is 13.1. The third-order valence-corrected chi connectivity index (χ3v) is 7.77. The van der Waals surface area contributed by atoms with Crippen LogP contribution >= 0.6 is 0 Å². The number of fused-ring (bicyclic) bond motifs is 1. The van der Waals surface area contributed by atoms with Gasteiger partial charge in [-0.05, 0) is 50.5 Å². The molecule has 5 rings (SSSR count). The van der Waals surface area contributed by atoms with Crippen molar-refractivity contribution in [3.8, 4) is 0 Å². The van der Waals surface area contributed by atoms with E-state index in [9.17, 15) is 21.6 Å². The second kappa shape index (κ2) is 10.6. The number of halogens is 3. The highest BCUT2D eigenvalue weighted by molar-refractivity contribution is 7.92. The van der Waals surface area contributed by atoms with Gasteiger partial charge in [0.15, 0.2) is 5.65 Å². The number of hydrogen-bond donors (Lipinski definition) is 2. The highest BCUT2D eigenvalue weighted by Gasteiger charge is 2.32. The largest absolute Gasteiger partial charge is 0.433 e. The van der Waals surface area contributed by atoms with Gasteiger partial charge < -0.3 is 15.4 Å². The molecule has 1 aliphatic heterocycles. The van der Waals surface area contributed by atoms with Gasteiger partial charge in [-0.2, -0.15) is 13.2 Å². The van der Waals surface area contributed by atoms with E-state index in [2.05, 4.69) is 15.6 Å².